The summed E-state index contributed by atoms with van der Waals surface area (Å²) in [7, 11) is 0. The number of nitrogens with one attached hydrogen (secondary N) is 2. The molecule has 1 aromatic heterocycles. The number of hydrogen-bond donors (Lipinski definition) is 4. The molecular formula is C23H33N5O6S. The van der Waals surface area contributed by atoms with Crippen LogP contribution in [0.4, 0.5) is 0 Å². The molecule has 0 spiro atoms. The van der Waals surface area contributed by atoms with Crippen molar-refractivity contribution in [1.29, 1.82) is 0 Å². The van der Waals surface area contributed by atoms with Gasteiger partial charge >= 0.3 is 0 Å². The molecule has 35 heavy (non-hydrogen) atoms. The fourth-order valence-corrected chi connectivity index (χ4v) is 4.11. The van der Waals surface area contributed by atoms with Crippen molar-refractivity contribution in [2.75, 3.05) is 19.8 Å². The number of carbonyl (C=O) groups excluding carboxylic acids is 3. The van der Waals surface area contributed by atoms with Gasteiger partial charge in [-0.2, -0.15) is 0 Å². The monoisotopic (exact) mass is 507 g/mol. The Labute approximate surface area is 208 Å². The average Bonchev–Trinajstić information content (AvgIpc) is 3.37. The molecule has 0 bridgehead atoms. The molecule has 1 aliphatic heterocycles. The van der Waals surface area contributed by atoms with Gasteiger partial charge in [0.1, 0.15) is 17.6 Å². The Balaban J connectivity index is 1.76. The number of aliphatic hydroxyl groups excluding tert-OH is 2. The number of allylic oxidation sites excluding steroid dienone is 2. The molecule has 192 valence electrons. The van der Waals surface area contributed by atoms with E-state index in [-0.39, 0.29) is 37.3 Å². The van der Waals surface area contributed by atoms with Gasteiger partial charge in [-0.1, -0.05) is 55.1 Å². The highest BCUT2D eigenvalue weighted by molar-refractivity contribution is 8.15. The molecule has 12 heteroatoms. The van der Waals surface area contributed by atoms with E-state index in [9.17, 15) is 24.6 Å². The average molecular weight is 508 g/mol. The van der Waals surface area contributed by atoms with Crippen molar-refractivity contribution < 1.29 is 29.3 Å². The van der Waals surface area contributed by atoms with E-state index in [1.807, 2.05) is 19.9 Å². The minimum atomic E-state index is -1.36. The molecular weight excluding hydrogens is 474 g/mol. The number of amides is 2. The summed E-state index contributed by atoms with van der Waals surface area (Å²) in [4.78, 5) is 36.1. The van der Waals surface area contributed by atoms with E-state index in [1.54, 1.807) is 26.1 Å². The van der Waals surface area contributed by atoms with E-state index in [2.05, 4.69) is 27.5 Å². The summed E-state index contributed by atoms with van der Waals surface area (Å²) in [6.45, 7) is 10.7. The molecule has 1 aliphatic rings. The Morgan fingerprint density at radius 3 is 2.77 bits per heavy atom. The van der Waals surface area contributed by atoms with Crippen LogP contribution >= 0.6 is 11.8 Å². The van der Waals surface area contributed by atoms with Gasteiger partial charge in [-0.3, -0.25) is 19.1 Å². The van der Waals surface area contributed by atoms with E-state index < -0.39 is 22.2 Å². The lowest BCUT2D eigenvalue weighted by molar-refractivity contribution is -0.137. The molecule has 0 aromatic carbocycles. The van der Waals surface area contributed by atoms with Crippen LogP contribution in [0.2, 0.25) is 0 Å². The predicted molar refractivity (Wildman–Crippen MR) is 131 cm³/mol. The highest BCUT2D eigenvalue weighted by Crippen LogP contribution is 2.42. The molecule has 2 unspecified atom stereocenters. The number of thioether (sulfide) groups is 1. The molecule has 2 atom stereocenters. The SMILES string of the molecule is C=CC(C)=CC1(C)SC(=O)C=C1OCC(=O)NCCn1cc(CNC(=O)C(O)C(C)(C)CO)nn1. The molecule has 0 fully saturated rings. The van der Waals surface area contributed by atoms with Gasteiger partial charge in [-0.05, 0) is 13.8 Å². The molecule has 0 aliphatic carbocycles. The van der Waals surface area contributed by atoms with Crippen LogP contribution in [0.25, 0.3) is 0 Å². The minimum Gasteiger partial charge on any atom is -0.486 e. The maximum Gasteiger partial charge on any atom is 0.257 e. The summed E-state index contributed by atoms with van der Waals surface area (Å²) in [6.07, 6.45) is 5.20. The lowest BCUT2D eigenvalue weighted by Crippen LogP contribution is -2.45. The van der Waals surface area contributed by atoms with Crippen molar-refractivity contribution in [3.8, 4) is 0 Å². The fourth-order valence-electron chi connectivity index (χ4n) is 3.07. The van der Waals surface area contributed by atoms with Gasteiger partial charge in [-0.15, -0.1) is 5.10 Å². The molecule has 0 saturated heterocycles. The first kappa shape index (κ1) is 28.3. The summed E-state index contributed by atoms with van der Waals surface area (Å²) in [5, 5.41) is 32.3. The highest BCUT2D eigenvalue weighted by Gasteiger charge is 2.38. The van der Waals surface area contributed by atoms with Crippen molar-refractivity contribution in [1.82, 2.24) is 25.6 Å². The lowest BCUT2D eigenvalue weighted by atomic mass is 9.87. The zero-order valence-corrected chi connectivity index (χ0v) is 21.2. The topological polar surface area (TPSA) is 156 Å². The normalized spacial score (nSPS) is 19.2. The van der Waals surface area contributed by atoms with E-state index in [4.69, 9.17) is 4.74 Å². The Kier molecular flexibility index (Phi) is 9.81. The fraction of sp³-hybridized carbons (Fsp3) is 0.522. The van der Waals surface area contributed by atoms with Crippen LogP contribution in [0.5, 0.6) is 0 Å². The van der Waals surface area contributed by atoms with Gasteiger partial charge in [0.25, 0.3) is 5.91 Å². The maximum atomic E-state index is 12.2. The standard InChI is InChI=1S/C23H33N5O6S/c1-6-15(2)10-23(5)17(9-19(31)35-23)34-13-18(30)24-7-8-28-12-16(26-27-28)11-25-21(33)20(32)22(3,4)14-29/h6,9-10,12,20,29,32H,1,7-8,11,13-14H2,2-5H3,(H,24,30)(H,25,33). The van der Waals surface area contributed by atoms with Gasteiger partial charge < -0.3 is 25.6 Å². The van der Waals surface area contributed by atoms with Gasteiger partial charge in [0.2, 0.25) is 11.0 Å². The van der Waals surface area contributed by atoms with Crippen LogP contribution in [-0.4, -0.2) is 72.7 Å². The predicted octanol–water partition coefficient (Wildman–Crippen LogP) is 0.455. The Morgan fingerprint density at radius 1 is 1.40 bits per heavy atom. The zero-order chi connectivity index (χ0) is 26.2. The molecule has 0 radical (unpaired) electrons. The molecule has 2 amide bonds. The third-order valence-corrected chi connectivity index (χ3v) is 6.39. The van der Waals surface area contributed by atoms with Crippen LogP contribution in [0, 0.1) is 5.41 Å². The van der Waals surface area contributed by atoms with E-state index in [1.165, 1.54) is 10.8 Å². The minimum absolute atomic E-state index is 0.0575. The van der Waals surface area contributed by atoms with Crippen LogP contribution < -0.4 is 10.6 Å². The van der Waals surface area contributed by atoms with E-state index in [0.717, 1.165) is 17.3 Å². The molecule has 2 rings (SSSR count). The molecule has 2 heterocycles. The maximum absolute atomic E-state index is 12.2. The number of nitrogens with zero attached hydrogens (tertiary/aromatic N) is 3. The number of aliphatic hydroxyl groups is 2. The van der Waals surface area contributed by atoms with Crippen LogP contribution in [-0.2, 0) is 32.2 Å². The van der Waals surface area contributed by atoms with Crippen molar-refractivity contribution in [3.05, 3.63) is 48.0 Å². The second kappa shape index (κ2) is 12.1. The summed E-state index contributed by atoms with van der Waals surface area (Å²) < 4.78 is 6.44. The Hall–Kier alpha value is -2.96. The van der Waals surface area contributed by atoms with Crippen molar-refractivity contribution in [2.45, 2.75) is 51.6 Å². The van der Waals surface area contributed by atoms with E-state index >= 15 is 0 Å². The third kappa shape index (κ3) is 8.05. The van der Waals surface area contributed by atoms with Crippen LogP contribution in [0.1, 0.15) is 33.4 Å². The van der Waals surface area contributed by atoms with Gasteiger partial charge in [-0.25, -0.2) is 0 Å². The second-order valence-corrected chi connectivity index (χ2v) is 10.5. The highest BCUT2D eigenvalue weighted by atomic mass is 32.2. The quantitative estimate of drug-likeness (QED) is 0.279. The number of hydrogen-bond acceptors (Lipinski definition) is 9. The summed E-state index contributed by atoms with van der Waals surface area (Å²) in [6, 6.07) is 0. The smallest absolute Gasteiger partial charge is 0.257 e. The number of carbonyl (C=O) groups is 3. The third-order valence-electron chi connectivity index (χ3n) is 5.32. The lowest BCUT2D eigenvalue weighted by Gasteiger charge is -2.26. The zero-order valence-electron chi connectivity index (χ0n) is 20.4. The van der Waals surface area contributed by atoms with Crippen molar-refractivity contribution in [2.24, 2.45) is 5.41 Å². The second-order valence-electron chi connectivity index (χ2n) is 9.01. The van der Waals surface area contributed by atoms with Gasteiger partial charge in [0.15, 0.2) is 6.61 Å². The van der Waals surface area contributed by atoms with Crippen molar-refractivity contribution in [3.63, 3.8) is 0 Å². The van der Waals surface area contributed by atoms with Crippen LogP contribution in [0.15, 0.2) is 42.3 Å². The first-order valence-corrected chi connectivity index (χ1v) is 11.8. The number of aromatic nitrogens is 3. The Bertz CT molecular complexity index is 1020. The van der Waals surface area contributed by atoms with Crippen molar-refractivity contribution >= 4 is 28.7 Å². The summed E-state index contributed by atoms with van der Waals surface area (Å²) >= 11 is 1.12. The first-order valence-electron chi connectivity index (χ1n) is 11.0. The van der Waals surface area contributed by atoms with Crippen LogP contribution in [0.3, 0.4) is 0 Å². The molecule has 4 N–H and O–H groups in total. The Morgan fingerprint density at radius 2 is 2.11 bits per heavy atom. The van der Waals surface area contributed by atoms with E-state index in [0.29, 0.717) is 18.0 Å². The number of rotatable bonds is 13. The molecule has 0 saturated carbocycles. The largest absolute Gasteiger partial charge is 0.486 e. The number of ether oxygens (including phenoxy) is 1. The summed E-state index contributed by atoms with van der Waals surface area (Å²) in [5.41, 5.74) is 0.400. The molecule has 11 nitrogen and oxygen atoms in total. The van der Waals surface area contributed by atoms with Gasteiger partial charge in [0, 0.05) is 18.0 Å². The van der Waals surface area contributed by atoms with Gasteiger partial charge in [0.05, 0.1) is 30.6 Å². The summed E-state index contributed by atoms with van der Waals surface area (Å²) in [5.74, 6) is -0.552. The molecule has 1 aromatic rings. The first-order chi connectivity index (χ1) is 16.4.